The molecular formula is C31H48F3LiO12. The second-order valence-corrected chi connectivity index (χ2v) is 12.1. The van der Waals surface area contributed by atoms with Crippen molar-refractivity contribution in [2.24, 2.45) is 5.92 Å². The van der Waals surface area contributed by atoms with Gasteiger partial charge in [0.2, 0.25) is 0 Å². The van der Waals surface area contributed by atoms with Gasteiger partial charge in [0.1, 0.15) is 17.8 Å². The van der Waals surface area contributed by atoms with Crippen molar-refractivity contribution >= 4 is 23.7 Å². The number of halogens is 3. The summed E-state index contributed by atoms with van der Waals surface area (Å²) in [6.07, 6.45) is -3.95. The van der Waals surface area contributed by atoms with Crippen LogP contribution in [-0.4, -0.2) is 84.7 Å². The van der Waals surface area contributed by atoms with E-state index in [1.807, 2.05) is 13.8 Å². The van der Waals surface area contributed by atoms with Crippen LogP contribution in [-0.2, 0) is 47.6 Å². The summed E-state index contributed by atoms with van der Waals surface area (Å²) in [5.41, 5.74) is -0.639. The first-order chi connectivity index (χ1) is 20.5. The fourth-order valence-corrected chi connectivity index (χ4v) is 3.41. The monoisotopic (exact) mass is 676 g/mol. The van der Waals surface area contributed by atoms with Crippen molar-refractivity contribution in [1.82, 2.24) is 0 Å². The number of methoxy groups -OCH3 is 1. The molecule has 2 fully saturated rings. The maximum absolute atomic E-state index is 11.4. The number of ketones is 1. The van der Waals surface area contributed by atoms with Gasteiger partial charge in [0.15, 0.2) is 17.4 Å². The summed E-state index contributed by atoms with van der Waals surface area (Å²) in [6.45, 7) is 24.6. The second kappa shape index (κ2) is 20.0. The first-order valence-electron chi connectivity index (χ1n) is 13.9. The number of esters is 3. The number of ether oxygens (including phenoxy) is 6. The van der Waals surface area contributed by atoms with E-state index in [0.717, 1.165) is 0 Å². The van der Waals surface area contributed by atoms with Gasteiger partial charge in [-0.1, -0.05) is 27.0 Å². The Bertz CT molecular complexity index is 1120. The van der Waals surface area contributed by atoms with Gasteiger partial charge in [-0.2, -0.15) is 13.2 Å². The number of aliphatic hydroxyl groups is 1. The summed E-state index contributed by atoms with van der Waals surface area (Å²) >= 11 is 0. The van der Waals surface area contributed by atoms with E-state index in [1.54, 1.807) is 48.7 Å². The predicted octanol–water partition coefficient (Wildman–Crippen LogP) is 0.842. The molecule has 0 aromatic carbocycles. The van der Waals surface area contributed by atoms with Crippen molar-refractivity contribution in [3.63, 3.8) is 0 Å². The van der Waals surface area contributed by atoms with Crippen LogP contribution in [0.1, 0.15) is 75.2 Å². The Morgan fingerprint density at radius 1 is 0.872 bits per heavy atom. The molecule has 2 aliphatic heterocycles. The average molecular weight is 677 g/mol. The molecule has 0 aliphatic carbocycles. The zero-order chi connectivity index (χ0) is 36.9. The normalized spacial score (nSPS) is 25.9. The fourth-order valence-electron chi connectivity index (χ4n) is 3.41. The molecule has 47 heavy (non-hydrogen) atoms. The van der Waals surface area contributed by atoms with Crippen LogP contribution in [0.4, 0.5) is 13.2 Å². The predicted molar refractivity (Wildman–Crippen MR) is 157 cm³/mol. The van der Waals surface area contributed by atoms with Crippen LogP contribution in [0.5, 0.6) is 0 Å². The van der Waals surface area contributed by atoms with Gasteiger partial charge in [-0.05, 0) is 54.2 Å². The van der Waals surface area contributed by atoms with Crippen molar-refractivity contribution in [2.75, 3.05) is 26.9 Å². The van der Waals surface area contributed by atoms with Crippen LogP contribution in [0.3, 0.4) is 0 Å². The maximum atomic E-state index is 11.4. The van der Waals surface area contributed by atoms with Gasteiger partial charge in [0.05, 0.1) is 19.1 Å². The van der Waals surface area contributed by atoms with E-state index in [1.165, 1.54) is 6.92 Å². The summed E-state index contributed by atoms with van der Waals surface area (Å²) in [7, 11) is 1.58. The van der Waals surface area contributed by atoms with Crippen LogP contribution < -0.4 is 24.0 Å². The molecule has 2 saturated heterocycles. The molecule has 0 amide bonds. The van der Waals surface area contributed by atoms with Crippen LogP contribution >= 0.6 is 0 Å². The first kappa shape index (κ1) is 48.7. The number of hydrogen-bond acceptors (Lipinski definition) is 12. The van der Waals surface area contributed by atoms with E-state index in [-0.39, 0.29) is 62.1 Å². The number of Topliss-reactive ketones (excluding diaryl/α,β-unsaturated/α-hetero) is 1. The van der Waals surface area contributed by atoms with Crippen molar-refractivity contribution < 1.29 is 89.8 Å². The summed E-state index contributed by atoms with van der Waals surface area (Å²) in [5.74, 6) is -5.32. The molecule has 16 heteroatoms. The zero-order valence-corrected chi connectivity index (χ0v) is 29.3. The number of allylic oxidation sites excluding steroid dienone is 1. The number of carbonyl (C=O) groups is 4. The topological polar surface area (TPSA) is 167 Å². The van der Waals surface area contributed by atoms with Crippen molar-refractivity contribution in [3.05, 3.63) is 36.6 Å². The Hall–Kier alpha value is -2.67. The van der Waals surface area contributed by atoms with Crippen LogP contribution in [0.25, 0.3) is 0 Å². The minimum Gasteiger partial charge on any atom is -0.870 e. The zero-order valence-electron chi connectivity index (χ0n) is 29.3. The van der Waals surface area contributed by atoms with E-state index in [0.29, 0.717) is 24.2 Å². The molecule has 2 aliphatic rings. The van der Waals surface area contributed by atoms with Gasteiger partial charge < -0.3 is 38.6 Å². The van der Waals surface area contributed by atoms with Gasteiger partial charge in [0, 0.05) is 31.1 Å². The third kappa shape index (κ3) is 21.0. The summed E-state index contributed by atoms with van der Waals surface area (Å²) in [6, 6.07) is 0. The Balaban J connectivity index is -0.000000566. The average Bonchev–Trinajstić information content (AvgIpc) is 3.36. The van der Waals surface area contributed by atoms with Crippen molar-refractivity contribution in [3.8, 4) is 0 Å². The van der Waals surface area contributed by atoms with Gasteiger partial charge in [-0.25, -0.2) is 9.59 Å². The third-order valence-electron chi connectivity index (χ3n) is 5.78. The summed E-state index contributed by atoms with van der Waals surface area (Å²) in [4.78, 5) is 43.6. The minimum atomic E-state index is -4.75. The largest absolute Gasteiger partial charge is 1.00 e. The van der Waals surface area contributed by atoms with Crippen LogP contribution in [0.15, 0.2) is 36.6 Å². The van der Waals surface area contributed by atoms with E-state index in [2.05, 4.69) is 24.5 Å². The Morgan fingerprint density at radius 2 is 1.26 bits per heavy atom. The first-order valence-corrected chi connectivity index (χ1v) is 13.9. The molecule has 0 bridgehead atoms. The molecule has 2 rings (SSSR count). The number of carbonyl (C=O) groups excluding carboxylic acids is 4. The van der Waals surface area contributed by atoms with E-state index < -0.39 is 40.7 Å². The Morgan fingerprint density at radius 3 is 1.51 bits per heavy atom. The van der Waals surface area contributed by atoms with Crippen LogP contribution in [0, 0.1) is 5.92 Å². The number of alkyl halides is 3. The van der Waals surface area contributed by atoms with E-state index in [4.69, 9.17) is 23.7 Å². The molecule has 4 unspecified atom stereocenters. The fraction of sp³-hybridized carbons (Fsp3) is 0.677. The molecule has 0 aromatic heterocycles. The standard InChI is InChI=1S/C11H18O4.C10H16O4.C7H12O3.C3H3F3O.Li/c1-8(2)9(12)15-10(3)6-11(4,13-5)14-7-10;1-7(2)8(11)14-9(3)5-10(4,12)13-6-9;1-5(2)7(9)10-4-6(3)8;1-2(7)3(4,5)6;/h1,6-7H2,2-5H3;12H,1,5-6H2,2-4H3;5H,4H2,1-3H3;7H,1H2;/q;;;;+1/p-1. The Labute approximate surface area is 286 Å². The molecule has 2 heterocycles. The van der Waals surface area contributed by atoms with Gasteiger partial charge in [-0.15, -0.1) is 6.58 Å². The molecular weight excluding hydrogens is 628 g/mol. The molecule has 0 aromatic rings. The SMILES string of the molecule is C=C(C)C(=O)OC1(C)COC(C)(O)C1.C=C(C)C(=O)OC1(C)COC(C)(OC)C1.C=C([O-])C(F)(F)F.CC(=O)COC(=O)C(C)C.[Li+]. The molecule has 0 spiro atoms. The van der Waals surface area contributed by atoms with Gasteiger partial charge in [0.25, 0.3) is 0 Å². The van der Waals surface area contributed by atoms with Crippen molar-refractivity contribution in [1.29, 1.82) is 0 Å². The third-order valence-corrected chi connectivity index (χ3v) is 5.78. The molecule has 4 atom stereocenters. The second-order valence-electron chi connectivity index (χ2n) is 12.1. The summed E-state index contributed by atoms with van der Waals surface area (Å²) < 4.78 is 63.1. The number of hydrogen-bond donors (Lipinski definition) is 1. The van der Waals surface area contributed by atoms with Gasteiger partial charge in [-0.3, -0.25) is 9.59 Å². The Kier molecular flexibility index (Phi) is 20.7. The quantitative estimate of drug-likeness (QED) is 0.127. The minimum absolute atomic E-state index is 0. The number of rotatable bonds is 8. The smallest absolute Gasteiger partial charge is 0.870 e. The molecule has 266 valence electrons. The van der Waals surface area contributed by atoms with Crippen LogP contribution in [0.2, 0.25) is 0 Å². The maximum Gasteiger partial charge on any atom is 1.00 e. The molecule has 1 N–H and O–H groups in total. The molecule has 0 saturated carbocycles. The van der Waals surface area contributed by atoms with E-state index in [9.17, 15) is 42.6 Å². The summed E-state index contributed by atoms with van der Waals surface area (Å²) in [5, 5.41) is 18.8. The van der Waals surface area contributed by atoms with Crippen molar-refractivity contribution in [2.45, 2.75) is 104 Å². The molecule has 0 radical (unpaired) electrons. The van der Waals surface area contributed by atoms with E-state index >= 15 is 0 Å². The molecule has 12 nitrogen and oxygen atoms in total. The van der Waals surface area contributed by atoms with Gasteiger partial charge >= 0.3 is 42.9 Å².